The zero-order chi connectivity index (χ0) is 29.0. The number of aliphatic carboxylic acids is 1. The van der Waals surface area contributed by atoms with Gasteiger partial charge in [0.25, 0.3) is 10.0 Å². The molecule has 1 aliphatic carbocycles. The molecule has 8 nitrogen and oxygen atoms in total. The zero-order valence-corrected chi connectivity index (χ0v) is 23.6. The Morgan fingerprint density at radius 2 is 1.69 bits per heavy atom. The van der Waals surface area contributed by atoms with Gasteiger partial charge in [-0.1, -0.05) is 42.7 Å². The molecule has 0 amide bonds. The number of sulfonamides is 1. The first-order valence-electron chi connectivity index (χ1n) is 12.3. The monoisotopic (exact) mass is 584 g/mol. The summed E-state index contributed by atoms with van der Waals surface area (Å²) in [5.74, 6) is -2.76. The van der Waals surface area contributed by atoms with E-state index < -0.39 is 22.2 Å². The van der Waals surface area contributed by atoms with Crippen LogP contribution in [0.1, 0.15) is 54.6 Å². The molecule has 4 rings (SSSR count). The van der Waals surface area contributed by atoms with Crippen molar-refractivity contribution >= 4 is 38.1 Å². The predicted molar refractivity (Wildman–Crippen MR) is 146 cm³/mol. The molecular formula is C26H31F3N4O4S2. The molecule has 1 saturated carbocycles. The number of aryl methyl sites for hydroxylation is 4. The molecule has 13 heteroatoms. The molecule has 212 valence electrons. The number of alkyl halides is 3. The molecule has 1 aliphatic rings. The van der Waals surface area contributed by atoms with Crippen molar-refractivity contribution in [2.45, 2.75) is 76.9 Å². The highest BCUT2D eigenvalue weighted by atomic mass is 32.2. The number of carboxylic acid groups (broad SMARTS) is 1. The molecule has 0 aliphatic heterocycles. The summed E-state index contributed by atoms with van der Waals surface area (Å²) < 4.78 is 60.9. The summed E-state index contributed by atoms with van der Waals surface area (Å²) in [5.41, 5.74) is 4.65. The van der Waals surface area contributed by atoms with E-state index in [-0.39, 0.29) is 4.90 Å². The fourth-order valence-corrected chi connectivity index (χ4v) is 6.61. The second-order valence-corrected chi connectivity index (χ2v) is 12.1. The van der Waals surface area contributed by atoms with Crippen LogP contribution in [0.3, 0.4) is 0 Å². The molecule has 39 heavy (non-hydrogen) atoms. The lowest BCUT2D eigenvalue weighted by molar-refractivity contribution is -0.192. The van der Waals surface area contributed by atoms with Crippen molar-refractivity contribution in [1.29, 1.82) is 0 Å². The van der Waals surface area contributed by atoms with Crippen molar-refractivity contribution in [1.82, 2.24) is 9.97 Å². The lowest BCUT2D eigenvalue weighted by Crippen LogP contribution is -2.21. The highest BCUT2D eigenvalue weighted by molar-refractivity contribution is 7.92. The molecule has 3 aromatic rings. The average Bonchev–Trinajstić information content (AvgIpc) is 3.21. The smallest absolute Gasteiger partial charge is 0.475 e. The van der Waals surface area contributed by atoms with Gasteiger partial charge >= 0.3 is 12.1 Å². The Morgan fingerprint density at radius 1 is 1.05 bits per heavy atom. The van der Waals surface area contributed by atoms with Gasteiger partial charge < -0.3 is 10.4 Å². The fraction of sp³-hybridized carbons (Fsp3) is 0.423. The zero-order valence-electron chi connectivity index (χ0n) is 22.0. The van der Waals surface area contributed by atoms with Gasteiger partial charge in [-0.05, 0) is 69.4 Å². The minimum absolute atomic E-state index is 0.268. The quantitative estimate of drug-likeness (QED) is 0.298. The second kappa shape index (κ2) is 12.3. The summed E-state index contributed by atoms with van der Waals surface area (Å²) in [6, 6.07) is 7.92. The maximum absolute atomic E-state index is 13.2. The number of nitrogens with one attached hydrogen (secondary N) is 2. The van der Waals surface area contributed by atoms with Gasteiger partial charge in [-0.25, -0.2) is 18.2 Å². The van der Waals surface area contributed by atoms with Gasteiger partial charge in [0, 0.05) is 11.7 Å². The molecule has 0 saturated heterocycles. The van der Waals surface area contributed by atoms with Crippen LogP contribution in [0.15, 0.2) is 35.4 Å². The maximum Gasteiger partial charge on any atom is 0.490 e. The number of pyridine rings is 1. The second-order valence-electron chi connectivity index (χ2n) is 9.44. The number of nitrogens with zero attached hydrogens (tertiary/aromatic N) is 2. The van der Waals surface area contributed by atoms with Gasteiger partial charge in [-0.2, -0.15) is 13.2 Å². The Kier molecular flexibility index (Phi) is 9.60. The summed E-state index contributed by atoms with van der Waals surface area (Å²) in [5, 5.41) is 11.6. The molecule has 0 radical (unpaired) electrons. The standard InChI is InChI=1S/C24H30N4O2S2.C2HF3O2/c1-15-10-11-19(23-18(4)26-24(31-23)27-20-8-6-5-7-9-20)13-22(15)32(29,30)28-21-14-25-17(3)12-16(21)2;3-2(4,5)1(6)7/h10-14,20,28H,5-9H2,1-4H3,(H,26,27);(H,6,7). The Balaban J connectivity index is 0.000000532. The van der Waals surface area contributed by atoms with Crippen molar-refractivity contribution in [2.75, 3.05) is 10.0 Å². The summed E-state index contributed by atoms with van der Waals surface area (Å²) in [6.45, 7) is 7.55. The molecule has 0 spiro atoms. The predicted octanol–water partition coefficient (Wildman–Crippen LogP) is 6.62. The minimum Gasteiger partial charge on any atom is -0.475 e. The Bertz CT molecular complexity index is 1430. The molecular weight excluding hydrogens is 553 g/mol. The van der Waals surface area contributed by atoms with E-state index in [0.717, 1.165) is 32.5 Å². The van der Waals surface area contributed by atoms with Crippen LogP contribution in [-0.4, -0.2) is 41.7 Å². The van der Waals surface area contributed by atoms with Gasteiger partial charge in [0.1, 0.15) is 0 Å². The Hall–Kier alpha value is -3.19. The number of halogens is 3. The summed E-state index contributed by atoms with van der Waals surface area (Å²) >= 11 is 1.59. The topological polar surface area (TPSA) is 121 Å². The summed E-state index contributed by atoms with van der Waals surface area (Å²) in [7, 11) is -3.76. The highest BCUT2D eigenvalue weighted by Gasteiger charge is 2.38. The number of aromatic nitrogens is 2. The molecule has 0 bridgehead atoms. The van der Waals surface area contributed by atoms with Crippen molar-refractivity contribution in [3.8, 4) is 10.4 Å². The molecule has 0 unspecified atom stereocenters. The van der Waals surface area contributed by atoms with Crippen LogP contribution in [0, 0.1) is 27.7 Å². The van der Waals surface area contributed by atoms with Crippen LogP contribution in [0.25, 0.3) is 10.4 Å². The van der Waals surface area contributed by atoms with Crippen LogP contribution >= 0.6 is 11.3 Å². The van der Waals surface area contributed by atoms with E-state index >= 15 is 0 Å². The van der Waals surface area contributed by atoms with E-state index in [2.05, 4.69) is 15.0 Å². The molecule has 1 aromatic carbocycles. The number of benzene rings is 1. The lowest BCUT2D eigenvalue weighted by atomic mass is 9.96. The van der Waals surface area contributed by atoms with Gasteiger partial charge in [-0.15, -0.1) is 0 Å². The van der Waals surface area contributed by atoms with Crippen molar-refractivity contribution in [2.24, 2.45) is 0 Å². The molecule has 1 fully saturated rings. The Morgan fingerprint density at radius 3 is 2.28 bits per heavy atom. The molecule has 2 aromatic heterocycles. The number of hydrogen-bond donors (Lipinski definition) is 3. The average molecular weight is 585 g/mol. The molecule has 2 heterocycles. The van der Waals surface area contributed by atoms with E-state index in [1.165, 1.54) is 32.1 Å². The Labute approximate surface area is 229 Å². The number of rotatable bonds is 6. The number of anilines is 2. The van der Waals surface area contributed by atoms with E-state index in [1.807, 2.05) is 45.9 Å². The summed E-state index contributed by atoms with van der Waals surface area (Å²) in [4.78, 5) is 19.1. The van der Waals surface area contributed by atoms with Gasteiger partial charge in [0.05, 0.1) is 27.4 Å². The maximum atomic E-state index is 13.2. The lowest BCUT2D eigenvalue weighted by Gasteiger charge is -2.22. The normalized spacial score (nSPS) is 14.3. The summed E-state index contributed by atoms with van der Waals surface area (Å²) in [6.07, 6.45) is 2.68. The third-order valence-electron chi connectivity index (χ3n) is 6.20. The van der Waals surface area contributed by atoms with Gasteiger partial charge in [0.2, 0.25) is 0 Å². The number of carboxylic acids is 1. The van der Waals surface area contributed by atoms with Crippen LogP contribution in [0.4, 0.5) is 24.0 Å². The van der Waals surface area contributed by atoms with Crippen LogP contribution in [-0.2, 0) is 14.8 Å². The van der Waals surface area contributed by atoms with Gasteiger partial charge in [0.15, 0.2) is 5.13 Å². The fourth-order valence-electron chi connectivity index (χ4n) is 4.18. The van der Waals surface area contributed by atoms with Crippen LogP contribution in [0.2, 0.25) is 0 Å². The van der Waals surface area contributed by atoms with Crippen LogP contribution < -0.4 is 10.0 Å². The van der Waals surface area contributed by atoms with E-state index in [9.17, 15) is 21.6 Å². The van der Waals surface area contributed by atoms with Crippen molar-refractivity contribution < 1.29 is 31.5 Å². The van der Waals surface area contributed by atoms with Gasteiger partial charge in [-0.3, -0.25) is 9.71 Å². The first-order chi connectivity index (χ1) is 18.2. The van der Waals surface area contributed by atoms with Crippen molar-refractivity contribution in [3.63, 3.8) is 0 Å². The first-order valence-corrected chi connectivity index (χ1v) is 14.6. The molecule has 0 atom stereocenters. The van der Waals surface area contributed by atoms with Crippen LogP contribution in [0.5, 0.6) is 0 Å². The SMILES string of the molecule is Cc1cc(C)c(NS(=O)(=O)c2cc(-c3sc(NC4CCCCC4)nc3C)ccc2C)cn1.O=C(O)C(F)(F)F. The number of thiazole rings is 1. The number of hydrogen-bond acceptors (Lipinski definition) is 7. The third kappa shape index (κ3) is 8.15. The van der Waals surface area contributed by atoms with E-state index in [4.69, 9.17) is 14.9 Å². The molecule has 3 N–H and O–H groups in total. The first kappa shape index (κ1) is 30.4. The van der Waals surface area contributed by atoms with E-state index in [0.29, 0.717) is 17.3 Å². The highest BCUT2D eigenvalue weighted by Crippen LogP contribution is 2.36. The largest absolute Gasteiger partial charge is 0.490 e. The van der Waals surface area contributed by atoms with Crippen molar-refractivity contribution in [3.05, 3.63) is 53.0 Å². The minimum atomic E-state index is -5.08. The van der Waals surface area contributed by atoms with E-state index in [1.54, 1.807) is 23.6 Å². The third-order valence-corrected chi connectivity index (χ3v) is 8.85. The number of carbonyl (C=O) groups is 1.